The fraction of sp³-hybridized carbons (Fsp3) is 0.143. The largest absolute Gasteiger partial charge is 0.496 e. The number of aromatic nitrogens is 3. The molecule has 130 valence electrons. The molecule has 1 N–H and O–H groups in total. The summed E-state index contributed by atoms with van der Waals surface area (Å²) in [7, 11) is 1.67. The zero-order valence-corrected chi connectivity index (χ0v) is 14.8. The summed E-state index contributed by atoms with van der Waals surface area (Å²) < 4.78 is 7.31. The van der Waals surface area contributed by atoms with Crippen LogP contribution in [0.4, 0.5) is 5.82 Å². The van der Waals surface area contributed by atoms with Crippen LogP contribution in [-0.4, -0.2) is 21.7 Å². The molecule has 0 spiro atoms. The van der Waals surface area contributed by atoms with Gasteiger partial charge in [0.15, 0.2) is 5.65 Å². The number of rotatable bonds is 5. The standard InChI is InChI=1S/C21H20N4O/c1-15-12-20(22-14-16-8-4-3-5-9-16)25-21(23-15)13-18(24-25)17-10-6-7-11-19(17)26-2/h3-13,22H,14H2,1-2H3. The van der Waals surface area contributed by atoms with Crippen molar-refractivity contribution in [1.29, 1.82) is 0 Å². The van der Waals surface area contributed by atoms with Gasteiger partial charge in [-0.3, -0.25) is 0 Å². The molecule has 0 aliphatic carbocycles. The van der Waals surface area contributed by atoms with Gasteiger partial charge in [0.05, 0.1) is 12.8 Å². The Kier molecular flexibility index (Phi) is 4.27. The van der Waals surface area contributed by atoms with Crippen molar-refractivity contribution in [3.05, 3.63) is 78.0 Å². The van der Waals surface area contributed by atoms with Crippen LogP contribution in [0.2, 0.25) is 0 Å². The second-order valence-electron chi connectivity index (χ2n) is 6.12. The van der Waals surface area contributed by atoms with Crippen LogP contribution < -0.4 is 10.1 Å². The maximum atomic E-state index is 5.47. The molecule has 0 amide bonds. The van der Waals surface area contributed by atoms with Crippen molar-refractivity contribution in [2.45, 2.75) is 13.5 Å². The SMILES string of the molecule is COc1ccccc1-c1cc2nc(C)cc(NCc3ccccc3)n2n1. The first-order chi connectivity index (χ1) is 12.7. The minimum absolute atomic E-state index is 0.725. The smallest absolute Gasteiger partial charge is 0.158 e. The lowest BCUT2D eigenvalue weighted by molar-refractivity contribution is 0.416. The number of methoxy groups -OCH3 is 1. The van der Waals surface area contributed by atoms with Gasteiger partial charge in [0, 0.05) is 29.9 Å². The van der Waals surface area contributed by atoms with Gasteiger partial charge in [-0.25, -0.2) is 4.98 Å². The first-order valence-electron chi connectivity index (χ1n) is 8.53. The van der Waals surface area contributed by atoms with E-state index in [2.05, 4.69) is 22.4 Å². The lowest BCUT2D eigenvalue weighted by Crippen LogP contribution is -2.06. The summed E-state index contributed by atoms with van der Waals surface area (Å²) in [5.74, 6) is 1.71. The third-order valence-electron chi connectivity index (χ3n) is 4.25. The van der Waals surface area contributed by atoms with Gasteiger partial charge in [0.1, 0.15) is 11.6 Å². The summed E-state index contributed by atoms with van der Waals surface area (Å²) in [5, 5.41) is 8.22. The Morgan fingerprint density at radius 2 is 1.77 bits per heavy atom. The lowest BCUT2D eigenvalue weighted by Gasteiger charge is -2.09. The number of para-hydroxylation sites is 1. The molecule has 2 aromatic carbocycles. The van der Waals surface area contributed by atoms with E-state index in [4.69, 9.17) is 9.84 Å². The first kappa shape index (κ1) is 16.1. The van der Waals surface area contributed by atoms with E-state index in [9.17, 15) is 0 Å². The quantitative estimate of drug-likeness (QED) is 0.586. The zero-order valence-electron chi connectivity index (χ0n) is 14.8. The summed E-state index contributed by atoms with van der Waals surface area (Å²) in [6, 6.07) is 22.2. The van der Waals surface area contributed by atoms with Crippen molar-refractivity contribution in [3.63, 3.8) is 0 Å². The molecular weight excluding hydrogens is 324 g/mol. The Labute approximate surface area is 152 Å². The van der Waals surface area contributed by atoms with Crippen LogP contribution in [0, 0.1) is 6.92 Å². The Bertz CT molecular complexity index is 1040. The van der Waals surface area contributed by atoms with E-state index >= 15 is 0 Å². The van der Waals surface area contributed by atoms with E-state index in [1.807, 2.05) is 66.0 Å². The highest BCUT2D eigenvalue weighted by Gasteiger charge is 2.12. The molecule has 26 heavy (non-hydrogen) atoms. The second kappa shape index (κ2) is 6.88. The number of aryl methyl sites for hydroxylation is 1. The van der Waals surface area contributed by atoms with E-state index in [0.29, 0.717) is 0 Å². The Morgan fingerprint density at radius 1 is 1.00 bits per heavy atom. The van der Waals surface area contributed by atoms with Gasteiger partial charge in [0.2, 0.25) is 0 Å². The van der Waals surface area contributed by atoms with E-state index in [1.165, 1.54) is 5.56 Å². The first-order valence-corrected chi connectivity index (χ1v) is 8.53. The maximum Gasteiger partial charge on any atom is 0.158 e. The molecule has 4 aromatic rings. The Morgan fingerprint density at radius 3 is 2.58 bits per heavy atom. The molecule has 0 unspecified atom stereocenters. The summed E-state index contributed by atoms with van der Waals surface area (Å²) in [5.41, 5.74) is 4.75. The minimum Gasteiger partial charge on any atom is -0.496 e. The molecule has 5 nitrogen and oxygen atoms in total. The molecule has 0 fully saturated rings. The van der Waals surface area contributed by atoms with Crippen molar-refractivity contribution in [2.75, 3.05) is 12.4 Å². The van der Waals surface area contributed by atoms with E-state index in [-0.39, 0.29) is 0 Å². The Balaban J connectivity index is 1.73. The highest BCUT2D eigenvalue weighted by molar-refractivity contribution is 5.71. The number of benzene rings is 2. The number of anilines is 1. The van der Waals surface area contributed by atoms with Crippen LogP contribution in [0.5, 0.6) is 5.75 Å². The molecule has 5 heteroatoms. The monoisotopic (exact) mass is 344 g/mol. The van der Waals surface area contributed by atoms with E-state index in [1.54, 1.807) is 7.11 Å². The van der Waals surface area contributed by atoms with Crippen LogP contribution in [0.1, 0.15) is 11.3 Å². The van der Waals surface area contributed by atoms with Crippen molar-refractivity contribution in [2.24, 2.45) is 0 Å². The molecule has 0 saturated carbocycles. The fourth-order valence-electron chi connectivity index (χ4n) is 3.00. The molecule has 0 saturated heterocycles. The molecule has 0 aliphatic rings. The number of fused-ring (bicyclic) bond motifs is 1. The van der Waals surface area contributed by atoms with Crippen molar-refractivity contribution in [3.8, 4) is 17.0 Å². The van der Waals surface area contributed by atoms with Gasteiger partial charge in [-0.15, -0.1) is 0 Å². The maximum absolute atomic E-state index is 5.47. The average Bonchev–Trinajstić information content (AvgIpc) is 3.10. The van der Waals surface area contributed by atoms with Crippen molar-refractivity contribution < 1.29 is 4.74 Å². The van der Waals surface area contributed by atoms with Gasteiger partial charge in [-0.05, 0) is 24.6 Å². The summed E-state index contributed by atoms with van der Waals surface area (Å²) in [6.07, 6.45) is 0. The second-order valence-corrected chi connectivity index (χ2v) is 6.12. The molecule has 4 rings (SSSR count). The lowest BCUT2D eigenvalue weighted by atomic mass is 10.1. The third kappa shape index (κ3) is 3.11. The molecule has 0 aliphatic heterocycles. The van der Waals surface area contributed by atoms with Crippen LogP contribution in [0.25, 0.3) is 16.9 Å². The number of nitrogens with zero attached hydrogens (tertiary/aromatic N) is 3. The van der Waals surface area contributed by atoms with Crippen molar-refractivity contribution >= 4 is 11.5 Å². The fourth-order valence-corrected chi connectivity index (χ4v) is 3.00. The average molecular weight is 344 g/mol. The Hall–Kier alpha value is -3.34. The molecule has 0 atom stereocenters. The van der Waals surface area contributed by atoms with Gasteiger partial charge < -0.3 is 10.1 Å². The summed E-state index contributed by atoms with van der Waals surface area (Å²) in [4.78, 5) is 4.61. The van der Waals surface area contributed by atoms with Crippen molar-refractivity contribution in [1.82, 2.24) is 14.6 Å². The molecule has 2 aromatic heterocycles. The van der Waals surface area contributed by atoms with Gasteiger partial charge in [-0.2, -0.15) is 9.61 Å². The van der Waals surface area contributed by atoms with Gasteiger partial charge in [-0.1, -0.05) is 42.5 Å². The number of ether oxygens (including phenoxy) is 1. The highest BCUT2D eigenvalue weighted by Crippen LogP contribution is 2.29. The third-order valence-corrected chi connectivity index (χ3v) is 4.25. The summed E-state index contributed by atoms with van der Waals surface area (Å²) in [6.45, 7) is 2.71. The predicted octanol–water partition coefficient (Wildman–Crippen LogP) is 4.33. The van der Waals surface area contributed by atoms with Crippen LogP contribution in [0.3, 0.4) is 0 Å². The number of hydrogen-bond donors (Lipinski definition) is 1. The molecule has 0 bridgehead atoms. The van der Waals surface area contributed by atoms with E-state index in [0.717, 1.165) is 40.7 Å². The highest BCUT2D eigenvalue weighted by atomic mass is 16.5. The van der Waals surface area contributed by atoms with E-state index < -0.39 is 0 Å². The normalized spacial score (nSPS) is 10.8. The molecular formula is C21H20N4O. The molecule has 2 heterocycles. The van der Waals surface area contributed by atoms with Gasteiger partial charge in [0.25, 0.3) is 0 Å². The predicted molar refractivity (Wildman–Crippen MR) is 103 cm³/mol. The zero-order chi connectivity index (χ0) is 17.9. The van der Waals surface area contributed by atoms with Gasteiger partial charge >= 0.3 is 0 Å². The van der Waals surface area contributed by atoms with Crippen LogP contribution in [0.15, 0.2) is 66.7 Å². The topological polar surface area (TPSA) is 51.5 Å². The number of nitrogens with one attached hydrogen (secondary N) is 1. The van der Waals surface area contributed by atoms with Crippen LogP contribution >= 0.6 is 0 Å². The summed E-state index contributed by atoms with van der Waals surface area (Å²) >= 11 is 0. The van der Waals surface area contributed by atoms with Crippen LogP contribution in [-0.2, 0) is 6.54 Å². The minimum atomic E-state index is 0.725. The number of hydrogen-bond acceptors (Lipinski definition) is 4. The molecule has 0 radical (unpaired) electrons.